The van der Waals surface area contributed by atoms with Gasteiger partial charge in [0.2, 0.25) is 0 Å². The summed E-state index contributed by atoms with van der Waals surface area (Å²) in [6.07, 6.45) is 1.50. The monoisotopic (exact) mass is 370 g/mol. The van der Waals surface area contributed by atoms with Gasteiger partial charge in [0.05, 0.1) is 11.7 Å². The number of aromatic nitrogens is 4. The van der Waals surface area contributed by atoms with Crippen molar-refractivity contribution in [2.75, 3.05) is 20.6 Å². The molecule has 26 heavy (non-hydrogen) atoms. The Kier molecular flexibility index (Phi) is 5.60. The molecule has 0 aliphatic carbocycles. The molecule has 2 aromatic carbocycles. The SMILES string of the molecule is CN(C)[C@@H](CNC(=O)c1ccc(-n2cnnn2)cc1)c1ccccc1Cl. The van der Waals surface area contributed by atoms with E-state index in [1.807, 2.05) is 43.3 Å². The summed E-state index contributed by atoms with van der Waals surface area (Å²) < 4.78 is 1.53. The summed E-state index contributed by atoms with van der Waals surface area (Å²) in [5, 5.41) is 14.7. The lowest BCUT2D eigenvalue weighted by Crippen LogP contribution is -2.34. The smallest absolute Gasteiger partial charge is 0.251 e. The number of nitrogens with zero attached hydrogens (tertiary/aromatic N) is 5. The summed E-state index contributed by atoms with van der Waals surface area (Å²) in [6.45, 7) is 0.449. The van der Waals surface area contributed by atoms with Gasteiger partial charge in [-0.05, 0) is 60.4 Å². The van der Waals surface area contributed by atoms with Gasteiger partial charge in [-0.15, -0.1) is 5.10 Å². The Morgan fingerprint density at radius 2 is 1.92 bits per heavy atom. The molecule has 0 aliphatic rings. The van der Waals surface area contributed by atoms with Gasteiger partial charge in [0.1, 0.15) is 6.33 Å². The number of hydrogen-bond donors (Lipinski definition) is 1. The van der Waals surface area contributed by atoms with Crippen molar-refractivity contribution < 1.29 is 4.79 Å². The number of hydrogen-bond acceptors (Lipinski definition) is 5. The standard InChI is InChI=1S/C18H19ClN6O/c1-24(2)17(15-5-3-4-6-16(15)19)11-20-18(26)13-7-9-14(10-8-13)25-12-21-22-23-25/h3-10,12,17H,11H2,1-2H3,(H,20,26)/t17-/m0/s1. The van der Waals surface area contributed by atoms with Crippen LogP contribution >= 0.6 is 11.6 Å². The predicted molar refractivity (Wildman–Crippen MR) is 99.4 cm³/mol. The van der Waals surface area contributed by atoms with Crippen LogP contribution in [0.3, 0.4) is 0 Å². The predicted octanol–water partition coefficient (Wildman–Crippen LogP) is 2.35. The van der Waals surface area contributed by atoms with Crippen molar-refractivity contribution in [3.8, 4) is 5.69 Å². The fourth-order valence-electron chi connectivity index (χ4n) is 2.65. The summed E-state index contributed by atoms with van der Waals surface area (Å²) in [4.78, 5) is 14.5. The van der Waals surface area contributed by atoms with E-state index in [0.717, 1.165) is 11.3 Å². The highest BCUT2D eigenvalue weighted by atomic mass is 35.5. The molecule has 1 heterocycles. The maximum absolute atomic E-state index is 12.5. The second-order valence-electron chi connectivity index (χ2n) is 6.01. The molecule has 0 spiro atoms. The summed E-state index contributed by atoms with van der Waals surface area (Å²) in [5.41, 5.74) is 2.33. The first-order valence-electron chi connectivity index (χ1n) is 8.08. The van der Waals surface area contributed by atoms with Crippen molar-refractivity contribution in [2.24, 2.45) is 0 Å². The highest BCUT2D eigenvalue weighted by molar-refractivity contribution is 6.31. The lowest BCUT2D eigenvalue weighted by atomic mass is 10.1. The molecule has 0 unspecified atom stereocenters. The zero-order valence-corrected chi connectivity index (χ0v) is 15.3. The third-order valence-corrected chi connectivity index (χ3v) is 4.43. The molecule has 1 atom stereocenters. The maximum atomic E-state index is 12.5. The second kappa shape index (κ2) is 8.07. The minimum Gasteiger partial charge on any atom is -0.350 e. The van der Waals surface area contributed by atoms with Gasteiger partial charge in [0.15, 0.2) is 0 Å². The molecule has 0 radical (unpaired) electrons. The van der Waals surface area contributed by atoms with Crippen molar-refractivity contribution in [1.82, 2.24) is 30.4 Å². The molecule has 0 saturated carbocycles. The number of amides is 1. The largest absolute Gasteiger partial charge is 0.350 e. The number of carbonyl (C=O) groups is 1. The lowest BCUT2D eigenvalue weighted by Gasteiger charge is -2.26. The summed E-state index contributed by atoms with van der Waals surface area (Å²) in [6, 6.07) is 14.7. The Hall–Kier alpha value is -2.77. The van der Waals surface area contributed by atoms with E-state index in [1.165, 1.54) is 11.0 Å². The van der Waals surface area contributed by atoms with Crippen molar-refractivity contribution in [1.29, 1.82) is 0 Å². The van der Waals surface area contributed by atoms with Gasteiger partial charge in [-0.3, -0.25) is 4.79 Å². The number of carbonyl (C=O) groups excluding carboxylic acids is 1. The van der Waals surface area contributed by atoms with Crippen LogP contribution in [0.2, 0.25) is 5.02 Å². The zero-order valence-electron chi connectivity index (χ0n) is 14.5. The first-order valence-corrected chi connectivity index (χ1v) is 8.46. The van der Waals surface area contributed by atoms with Crippen LogP contribution in [-0.4, -0.2) is 51.7 Å². The van der Waals surface area contributed by atoms with Gasteiger partial charge in [0, 0.05) is 17.1 Å². The maximum Gasteiger partial charge on any atom is 0.251 e. The highest BCUT2D eigenvalue weighted by Gasteiger charge is 2.18. The number of likely N-dealkylation sites (N-methyl/N-ethyl adjacent to an activating group) is 1. The minimum absolute atomic E-state index is 0.0202. The summed E-state index contributed by atoms with van der Waals surface area (Å²) >= 11 is 6.30. The quantitative estimate of drug-likeness (QED) is 0.720. The Balaban J connectivity index is 1.68. The number of halogens is 1. The third-order valence-electron chi connectivity index (χ3n) is 4.09. The first kappa shape index (κ1) is 18.0. The van der Waals surface area contributed by atoms with E-state index in [0.29, 0.717) is 17.1 Å². The molecular weight excluding hydrogens is 352 g/mol. The molecule has 8 heteroatoms. The van der Waals surface area contributed by atoms with Crippen molar-refractivity contribution in [2.45, 2.75) is 6.04 Å². The van der Waals surface area contributed by atoms with Crippen LogP contribution in [0.5, 0.6) is 0 Å². The Morgan fingerprint density at radius 1 is 1.19 bits per heavy atom. The summed E-state index contributed by atoms with van der Waals surface area (Å²) in [5.74, 6) is -0.146. The Labute approximate surface area is 156 Å². The van der Waals surface area contributed by atoms with Crippen LogP contribution in [0.4, 0.5) is 0 Å². The van der Waals surface area contributed by atoms with Gasteiger partial charge in [-0.25, -0.2) is 4.68 Å². The number of benzene rings is 2. The molecule has 0 aliphatic heterocycles. The van der Waals surface area contributed by atoms with Crippen molar-refractivity contribution >= 4 is 17.5 Å². The first-order chi connectivity index (χ1) is 12.6. The molecule has 3 rings (SSSR count). The van der Waals surface area contributed by atoms with Gasteiger partial charge < -0.3 is 10.2 Å². The molecule has 1 N–H and O–H groups in total. The molecular formula is C18H19ClN6O. The van der Waals surface area contributed by atoms with Crippen LogP contribution in [-0.2, 0) is 0 Å². The molecule has 1 aromatic heterocycles. The van der Waals surface area contributed by atoms with Crippen LogP contribution in [0.25, 0.3) is 5.69 Å². The third kappa shape index (κ3) is 4.07. The van der Waals surface area contributed by atoms with Gasteiger partial charge in [0.25, 0.3) is 5.91 Å². The van der Waals surface area contributed by atoms with Crippen LogP contribution in [0, 0.1) is 0 Å². The topological polar surface area (TPSA) is 75.9 Å². The van der Waals surface area contributed by atoms with Crippen LogP contribution in [0.15, 0.2) is 54.9 Å². The average molecular weight is 371 g/mol. The van der Waals surface area contributed by atoms with E-state index in [4.69, 9.17) is 11.6 Å². The molecule has 134 valence electrons. The average Bonchev–Trinajstić information content (AvgIpc) is 3.18. The van der Waals surface area contributed by atoms with E-state index in [-0.39, 0.29) is 11.9 Å². The second-order valence-corrected chi connectivity index (χ2v) is 6.42. The van der Waals surface area contributed by atoms with E-state index >= 15 is 0 Å². The van der Waals surface area contributed by atoms with E-state index in [2.05, 4.69) is 20.8 Å². The number of rotatable bonds is 6. The fraction of sp³-hybridized carbons (Fsp3) is 0.222. The van der Waals surface area contributed by atoms with Gasteiger partial charge >= 0.3 is 0 Å². The lowest BCUT2D eigenvalue weighted by molar-refractivity contribution is 0.0942. The molecule has 0 bridgehead atoms. The van der Waals surface area contributed by atoms with Gasteiger partial charge in [-0.2, -0.15) is 0 Å². The number of nitrogens with one attached hydrogen (secondary N) is 1. The molecule has 0 saturated heterocycles. The molecule has 1 amide bonds. The number of tetrazole rings is 1. The van der Waals surface area contributed by atoms with Crippen molar-refractivity contribution in [3.05, 3.63) is 71.0 Å². The molecule has 7 nitrogen and oxygen atoms in total. The normalized spacial score (nSPS) is 12.2. The zero-order chi connectivity index (χ0) is 18.5. The van der Waals surface area contributed by atoms with Crippen LogP contribution < -0.4 is 5.32 Å². The molecule has 3 aromatic rings. The van der Waals surface area contributed by atoms with Crippen molar-refractivity contribution in [3.63, 3.8) is 0 Å². The fourth-order valence-corrected chi connectivity index (χ4v) is 2.91. The van der Waals surface area contributed by atoms with Gasteiger partial charge in [-0.1, -0.05) is 29.8 Å². The van der Waals surface area contributed by atoms with Crippen LogP contribution in [0.1, 0.15) is 22.0 Å². The van der Waals surface area contributed by atoms with E-state index in [1.54, 1.807) is 24.3 Å². The Morgan fingerprint density at radius 3 is 2.54 bits per heavy atom. The minimum atomic E-state index is -0.146. The Bertz CT molecular complexity index is 864. The highest BCUT2D eigenvalue weighted by Crippen LogP contribution is 2.25. The van der Waals surface area contributed by atoms with E-state index < -0.39 is 0 Å². The summed E-state index contributed by atoms with van der Waals surface area (Å²) in [7, 11) is 3.92. The van der Waals surface area contributed by atoms with E-state index in [9.17, 15) is 4.79 Å². The molecule has 0 fully saturated rings.